The summed E-state index contributed by atoms with van der Waals surface area (Å²) in [4.78, 5) is 5.50. The molecule has 0 aliphatic rings. The second kappa shape index (κ2) is 10.9. The van der Waals surface area contributed by atoms with E-state index in [1.807, 2.05) is 61.5 Å². The summed E-state index contributed by atoms with van der Waals surface area (Å²) in [5.74, 6) is 0. The zero-order valence-corrected chi connectivity index (χ0v) is 19.5. The molecule has 5 nitrogen and oxygen atoms in total. The minimum atomic E-state index is -3.71. The van der Waals surface area contributed by atoms with E-state index in [9.17, 15) is 8.42 Å². The molecular weight excluding hydrogens is 476 g/mol. The van der Waals surface area contributed by atoms with Crippen LogP contribution in [0.2, 0.25) is 0 Å². The predicted molar refractivity (Wildman–Crippen MR) is 127 cm³/mol. The first kappa shape index (κ1) is 22.8. The average Bonchev–Trinajstić information content (AvgIpc) is 2.77. The van der Waals surface area contributed by atoms with Gasteiger partial charge in [-0.1, -0.05) is 81.2 Å². The molecule has 31 heavy (non-hydrogen) atoms. The highest BCUT2D eigenvalue weighted by molar-refractivity contribution is 9.10. The Morgan fingerprint density at radius 1 is 0.968 bits per heavy atom. The van der Waals surface area contributed by atoms with E-state index < -0.39 is 10.0 Å². The first-order chi connectivity index (χ1) is 14.9. The van der Waals surface area contributed by atoms with Crippen LogP contribution in [-0.2, 0) is 21.4 Å². The van der Waals surface area contributed by atoms with Crippen LogP contribution in [0.15, 0.2) is 106 Å². The van der Waals surface area contributed by atoms with E-state index >= 15 is 0 Å². The van der Waals surface area contributed by atoms with Crippen molar-refractivity contribution in [3.63, 3.8) is 0 Å². The zero-order chi connectivity index (χ0) is 22.1. The van der Waals surface area contributed by atoms with Crippen LogP contribution >= 0.6 is 15.9 Å². The van der Waals surface area contributed by atoms with Gasteiger partial charge in [-0.3, -0.25) is 4.31 Å². The molecule has 0 N–H and O–H groups in total. The van der Waals surface area contributed by atoms with Crippen molar-refractivity contribution in [2.45, 2.75) is 18.4 Å². The highest BCUT2D eigenvalue weighted by Crippen LogP contribution is 2.19. The highest BCUT2D eigenvalue weighted by Gasteiger charge is 2.21. The van der Waals surface area contributed by atoms with E-state index in [4.69, 9.17) is 4.84 Å². The Kier molecular flexibility index (Phi) is 8.03. The van der Waals surface area contributed by atoms with E-state index in [1.54, 1.807) is 36.6 Å². The summed E-state index contributed by atoms with van der Waals surface area (Å²) in [6.07, 6.45) is 4.76. The quantitative estimate of drug-likeness (QED) is 0.222. The van der Waals surface area contributed by atoms with Gasteiger partial charge in [0.1, 0.15) is 6.61 Å². The molecule has 0 bridgehead atoms. The first-order valence-corrected chi connectivity index (χ1v) is 11.9. The van der Waals surface area contributed by atoms with Gasteiger partial charge in [0.25, 0.3) is 10.0 Å². The third kappa shape index (κ3) is 6.80. The largest absolute Gasteiger partial charge is 0.391 e. The molecule has 0 aliphatic heterocycles. The Bertz CT molecular complexity index is 1130. The Balaban J connectivity index is 1.70. The van der Waals surface area contributed by atoms with Gasteiger partial charge < -0.3 is 4.84 Å². The van der Waals surface area contributed by atoms with Crippen molar-refractivity contribution in [3.05, 3.63) is 112 Å². The second-order valence-electron chi connectivity index (χ2n) is 6.82. The molecule has 0 unspecified atom stereocenters. The Morgan fingerprint density at radius 3 is 2.32 bits per heavy atom. The van der Waals surface area contributed by atoms with E-state index in [-0.39, 0.29) is 18.0 Å². The maximum absolute atomic E-state index is 13.2. The van der Waals surface area contributed by atoms with Crippen LogP contribution in [0, 0.1) is 6.92 Å². The van der Waals surface area contributed by atoms with Gasteiger partial charge in [-0.15, -0.1) is 0 Å². The number of aryl methyl sites for hydroxylation is 1. The molecule has 0 saturated heterocycles. The van der Waals surface area contributed by atoms with Crippen LogP contribution < -0.4 is 0 Å². The van der Waals surface area contributed by atoms with E-state index in [1.165, 1.54) is 10.5 Å². The number of nitrogens with zero attached hydrogens (tertiary/aromatic N) is 2. The van der Waals surface area contributed by atoms with Gasteiger partial charge in [-0.25, -0.2) is 8.42 Å². The van der Waals surface area contributed by atoms with Crippen LogP contribution in [0.4, 0.5) is 0 Å². The van der Waals surface area contributed by atoms with Gasteiger partial charge in [0.05, 0.1) is 17.7 Å². The SMILES string of the molecule is Cc1ccc(S(=O)(=O)N(/C=C/CO/N=C/c2ccc(Br)cc2)Cc2ccccc2)cc1. The fourth-order valence-electron chi connectivity index (χ4n) is 2.72. The van der Waals surface area contributed by atoms with Crippen LogP contribution in [0.25, 0.3) is 0 Å². The number of halogens is 1. The number of sulfonamides is 1. The van der Waals surface area contributed by atoms with Crippen LogP contribution in [-0.4, -0.2) is 25.5 Å². The van der Waals surface area contributed by atoms with Gasteiger partial charge in [0.15, 0.2) is 0 Å². The van der Waals surface area contributed by atoms with Crippen LogP contribution in [0.5, 0.6) is 0 Å². The fraction of sp³-hybridized carbons (Fsp3) is 0.125. The lowest BCUT2D eigenvalue weighted by Crippen LogP contribution is -2.25. The third-order valence-corrected chi connectivity index (χ3v) is 6.66. The van der Waals surface area contributed by atoms with Gasteiger partial charge in [-0.2, -0.15) is 0 Å². The standard InChI is InChI=1S/C24H23BrN2O3S/c1-20-8-14-24(15-9-20)31(28,29)27(19-22-6-3-2-4-7-22)16-5-17-30-26-18-21-10-12-23(25)13-11-21/h2-16,18H,17,19H2,1H3/b16-5+,26-18+. The molecule has 0 saturated carbocycles. The summed E-state index contributed by atoms with van der Waals surface area (Å²) in [7, 11) is -3.71. The average molecular weight is 499 g/mol. The zero-order valence-electron chi connectivity index (χ0n) is 17.1. The Labute approximate surface area is 191 Å². The number of hydrogen-bond acceptors (Lipinski definition) is 4. The predicted octanol–water partition coefficient (Wildman–Crippen LogP) is 5.51. The molecule has 7 heteroatoms. The molecular formula is C24H23BrN2O3S. The van der Waals surface area contributed by atoms with Crippen molar-refractivity contribution in [1.29, 1.82) is 0 Å². The number of benzene rings is 3. The normalized spacial score (nSPS) is 11.8. The Morgan fingerprint density at radius 2 is 1.65 bits per heavy atom. The lowest BCUT2D eigenvalue weighted by molar-refractivity contribution is 0.176. The lowest BCUT2D eigenvalue weighted by atomic mass is 10.2. The molecule has 3 rings (SSSR count). The summed E-state index contributed by atoms with van der Waals surface area (Å²) in [6.45, 7) is 2.28. The molecule has 0 amide bonds. The van der Waals surface area contributed by atoms with Gasteiger partial charge in [0, 0.05) is 10.7 Å². The van der Waals surface area contributed by atoms with Crippen molar-refractivity contribution >= 4 is 32.2 Å². The summed E-state index contributed by atoms with van der Waals surface area (Å²) >= 11 is 3.38. The lowest BCUT2D eigenvalue weighted by Gasteiger charge is -2.21. The van der Waals surface area contributed by atoms with E-state index in [2.05, 4.69) is 21.1 Å². The van der Waals surface area contributed by atoms with E-state index in [0.717, 1.165) is 21.2 Å². The van der Waals surface area contributed by atoms with Crippen LogP contribution in [0.3, 0.4) is 0 Å². The topological polar surface area (TPSA) is 59.0 Å². The summed E-state index contributed by atoms with van der Waals surface area (Å²) < 4.78 is 28.7. The van der Waals surface area contributed by atoms with Crippen molar-refractivity contribution in [1.82, 2.24) is 4.31 Å². The number of hydrogen-bond donors (Lipinski definition) is 0. The minimum absolute atomic E-state index is 0.141. The number of rotatable bonds is 9. The molecule has 3 aromatic carbocycles. The fourth-order valence-corrected chi connectivity index (χ4v) is 4.30. The van der Waals surface area contributed by atoms with Crippen molar-refractivity contribution in [3.8, 4) is 0 Å². The first-order valence-electron chi connectivity index (χ1n) is 9.65. The monoisotopic (exact) mass is 498 g/mol. The minimum Gasteiger partial charge on any atom is -0.391 e. The van der Waals surface area contributed by atoms with Crippen LogP contribution in [0.1, 0.15) is 16.7 Å². The van der Waals surface area contributed by atoms with Gasteiger partial charge in [-0.05, 0) is 48.4 Å². The van der Waals surface area contributed by atoms with Gasteiger partial charge >= 0.3 is 0 Å². The summed E-state index contributed by atoms with van der Waals surface area (Å²) in [5, 5.41) is 3.92. The molecule has 0 atom stereocenters. The molecule has 3 aromatic rings. The molecule has 0 fully saturated rings. The maximum Gasteiger partial charge on any atom is 0.264 e. The molecule has 0 aromatic heterocycles. The van der Waals surface area contributed by atoms with E-state index in [0.29, 0.717) is 0 Å². The third-order valence-electron chi connectivity index (χ3n) is 4.40. The molecule has 160 valence electrons. The summed E-state index contributed by atoms with van der Waals surface area (Å²) in [6, 6.07) is 23.9. The Hall–Kier alpha value is -2.90. The maximum atomic E-state index is 13.2. The van der Waals surface area contributed by atoms with Crippen molar-refractivity contribution in [2.24, 2.45) is 5.16 Å². The van der Waals surface area contributed by atoms with Crippen molar-refractivity contribution < 1.29 is 13.3 Å². The van der Waals surface area contributed by atoms with Crippen molar-refractivity contribution in [2.75, 3.05) is 6.61 Å². The molecule has 0 spiro atoms. The second-order valence-corrected chi connectivity index (χ2v) is 9.62. The smallest absolute Gasteiger partial charge is 0.264 e. The van der Waals surface area contributed by atoms with Gasteiger partial charge in [0.2, 0.25) is 0 Å². The molecule has 0 radical (unpaired) electrons. The highest BCUT2D eigenvalue weighted by atomic mass is 79.9. The molecule has 0 aliphatic carbocycles. The molecule has 0 heterocycles. The summed E-state index contributed by atoms with van der Waals surface area (Å²) in [5.41, 5.74) is 2.79. The number of oxime groups is 1.